The van der Waals surface area contributed by atoms with Crippen LogP contribution in [0.15, 0.2) is 54.6 Å². The number of rotatable bonds is 8. The lowest BCUT2D eigenvalue weighted by molar-refractivity contribution is 0.0525. The molecular weight excluding hydrogens is 402 g/mol. The van der Waals surface area contributed by atoms with Crippen molar-refractivity contribution in [1.82, 2.24) is 9.88 Å². The maximum Gasteiger partial charge on any atom is 0.340 e. The zero-order valence-corrected chi connectivity index (χ0v) is 19.4. The summed E-state index contributed by atoms with van der Waals surface area (Å²) in [5.41, 5.74) is 5.57. The third kappa shape index (κ3) is 5.19. The molecule has 32 heavy (non-hydrogen) atoms. The number of benzene rings is 2. The van der Waals surface area contributed by atoms with Gasteiger partial charge in [0.25, 0.3) is 5.91 Å². The Hall–Kier alpha value is -3.54. The normalized spacial score (nSPS) is 10.7. The minimum atomic E-state index is -0.343. The zero-order chi connectivity index (χ0) is 23.3. The molecule has 0 aliphatic carbocycles. The van der Waals surface area contributed by atoms with Crippen LogP contribution in [0.3, 0.4) is 0 Å². The summed E-state index contributed by atoms with van der Waals surface area (Å²) in [5.74, 6) is -0.411. The number of nitrogens with one attached hydrogen (secondary N) is 1. The number of H-pyrrole nitrogens is 1. The Balaban J connectivity index is 1.95. The van der Waals surface area contributed by atoms with E-state index >= 15 is 0 Å². The minimum absolute atomic E-state index is 0.0677. The van der Waals surface area contributed by atoms with Crippen molar-refractivity contribution in [2.24, 2.45) is 0 Å². The van der Waals surface area contributed by atoms with Crippen LogP contribution in [0.5, 0.6) is 0 Å². The summed E-state index contributed by atoms with van der Waals surface area (Å²) in [4.78, 5) is 33.1. The fourth-order valence-corrected chi connectivity index (χ4v) is 3.78. The number of amides is 1. The first-order valence-electron chi connectivity index (χ1n) is 10.8. The summed E-state index contributed by atoms with van der Waals surface area (Å²) in [6.07, 6.45) is 0. The number of aromatic nitrogens is 1. The topological polar surface area (TPSA) is 65.6 Å². The number of hydrogen-bond donors (Lipinski definition) is 1. The molecule has 0 atom stereocenters. The van der Waals surface area contributed by atoms with Gasteiger partial charge in [-0.25, -0.2) is 4.79 Å². The van der Waals surface area contributed by atoms with Gasteiger partial charge in [-0.15, -0.1) is 0 Å². The molecule has 6 heteroatoms. The highest BCUT2D eigenvalue weighted by molar-refractivity contribution is 5.95. The molecule has 1 aromatic heterocycles. The lowest BCUT2D eigenvalue weighted by Gasteiger charge is -2.24. The third-order valence-electron chi connectivity index (χ3n) is 5.48. The number of anilines is 1. The Bertz CT molecular complexity index is 1090. The number of hydrogen-bond acceptors (Lipinski definition) is 4. The molecule has 1 heterocycles. The van der Waals surface area contributed by atoms with Crippen molar-refractivity contribution < 1.29 is 14.3 Å². The second-order valence-electron chi connectivity index (χ2n) is 8.04. The Morgan fingerprint density at radius 3 is 2.34 bits per heavy atom. The largest absolute Gasteiger partial charge is 0.462 e. The molecule has 2 aromatic carbocycles. The summed E-state index contributed by atoms with van der Waals surface area (Å²) in [5, 5.41) is 0. The van der Waals surface area contributed by atoms with Crippen molar-refractivity contribution in [3.8, 4) is 0 Å². The van der Waals surface area contributed by atoms with Gasteiger partial charge in [0.2, 0.25) is 0 Å². The highest BCUT2D eigenvalue weighted by Crippen LogP contribution is 2.23. The molecule has 0 saturated carbocycles. The Labute approximate surface area is 189 Å². The lowest BCUT2D eigenvalue weighted by atomic mass is 10.1. The van der Waals surface area contributed by atoms with Crippen molar-refractivity contribution in [3.63, 3.8) is 0 Å². The first-order chi connectivity index (χ1) is 15.3. The standard InChI is InChI=1S/C26H31N3O3/c1-6-32-26(31)24-18(2)23(27-19(24)3)17-29(16-20-11-8-7-9-12-20)25(30)21-13-10-14-22(15-21)28(4)5/h7-15,27H,6,16-17H2,1-5H3. The van der Waals surface area contributed by atoms with Gasteiger partial charge in [0.15, 0.2) is 0 Å². The first-order valence-corrected chi connectivity index (χ1v) is 10.8. The predicted octanol–water partition coefficient (Wildman–Crippen LogP) is 4.72. The molecule has 0 unspecified atom stereocenters. The van der Waals surface area contributed by atoms with Crippen molar-refractivity contribution in [2.45, 2.75) is 33.9 Å². The molecule has 0 aliphatic rings. The van der Waals surface area contributed by atoms with E-state index in [2.05, 4.69) is 4.98 Å². The smallest absolute Gasteiger partial charge is 0.340 e. The van der Waals surface area contributed by atoms with E-state index in [0.717, 1.165) is 28.2 Å². The van der Waals surface area contributed by atoms with Gasteiger partial charge in [0, 0.05) is 43.3 Å². The van der Waals surface area contributed by atoms with Crippen LogP contribution in [0, 0.1) is 13.8 Å². The molecule has 0 aliphatic heterocycles. The van der Waals surface area contributed by atoms with Crippen molar-refractivity contribution in [2.75, 3.05) is 25.6 Å². The van der Waals surface area contributed by atoms with Gasteiger partial charge >= 0.3 is 5.97 Å². The maximum atomic E-state index is 13.6. The molecule has 0 radical (unpaired) electrons. The summed E-state index contributed by atoms with van der Waals surface area (Å²) < 4.78 is 5.21. The van der Waals surface area contributed by atoms with Crippen LogP contribution in [0.4, 0.5) is 5.69 Å². The van der Waals surface area contributed by atoms with Gasteiger partial charge < -0.3 is 19.5 Å². The van der Waals surface area contributed by atoms with Crippen molar-refractivity contribution in [1.29, 1.82) is 0 Å². The second kappa shape index (κ2) is 10.2. The highest BCUT2D eigenvalue weighted by atomic mass is 16.5. The van der Waals surface area contributed by atoms with Gasteiger partial charge in [0.1, 0.15) is 0 Å². The molecule has 1 amide bonds. The van der Waals surface area contributed by atoms with E-state index in [1.54, 1.807) is 11.8 Å². The van der Waals surface area contributed by atoms with E-state index in [4.69, 9.17) is 4.74 Å². The molecule has 0 spiro atoms. The summed E-state index contributed by atoms with van der Waals surface area (Å²) in [6, 6.07) is 17.5. The lowest BCUT2D eigenvalue weighted by Crippen LogP contribution is -2.30. The third-order valence-corrected chi connectivity index (χ3v) is 5.48. The number of ether oxygens (including phenoxy) is 1. The van der Waals surface area contributed by atoms with Crippen LogP contribution in [0.2, 0.25) is 0 Å². The molecule has 6 nitrogen and oxygen atoms in total. The number of esters is 1. The van der Waals surface area contributed by atoms with Crippen molar-refractivity contribution >= 4 is 17.6 Å². The Morgan fingerprint density at radius 2 is 1.69 bits per heavy atom. The quantitative estimate of drug-likeness (QED) is 0.522. The molecule has 0 bridgehead atoms. The SMILES string of the molecule is CCOC(=O)c1c(C)[nH]c(CN(Cc2ccccc2)C(=O)c2cccc(N(C)C)c2)c1C. The maximum absolute atomic E-state index is 13.6. The van der Waals surface area contributed by atoms with Crippen LogP contribution in [-0.2, 0) is 17.8 Å². The number of carbonyl (C=O) groups excluding carboxylic acids is 2. The summed E-state index contributed by atoms with van der Waals surface area (Å²) >= 11 is 0. The van der Waals surface area contributed by atoms with E-state index in [0.29, 0.717) is 30.8 Å². The Kier molecular flexibility index (Phi) is 7.36. The molecule has 3 aromatic rings. The van der Waals surface area contributed by atoms with Crippen LogP contribution in [-0.4, -0.2) is 42.5 Å². The first kappa shape index (κ1) is 23.1. The van der Waals surface area contributed by atoms with Gasteiger partial charge in [-0.05, 0) is 50.1 Å². The van der Waals surface area contributed by atoms with Gasteiger partial charge in [-0.2, -0.15) is 0 Å². The molecular formula is C26H31N3O3. The number of aryl methyl sites for hydroxylation is 1. The van der Waals surface area contributed by atoms with E-state index in [1.807, 2.05) is 87.4 Å². The van der Waals surface area contributed by atoms with Crippen LogP contribution in [0.25, 0.3) is 0 Å². The van der Waals surface area contributed by atoms with E-state index in [9.17, 15) is 9.59 Å². The van der Waals surface area contributed by atoms with Gasteiger partial charge in [-0.3, -0.25) is 4.79 Å². The van der Waals surface area contributed by atoms with Crippen LogP contribution < -0.4 is 4.90 Å². The fraction of sp³-hybridized carbons (Fsp3) is 0.308. The van der Waals surface area contributed by atoms with E-state index in [-0.39, 0.29) is 11.9 Å². The number of carbonyl (C=O) groups is 2. The fourth-order valence-electron chi connectivity index (χ4n) is 3.78. The summed E-state index contributed by atoms with van der Waals surface area (Å²) in [6.45, 7) is 6.66. The Morgan fingerprint density at radius 1 is 0.969 bits per heavy atom. The number of nitrogens with zero attached hydrogens (tertiary/aromatic N) is 2. The molecule has 168 valence electrons. The average molecular weight is 434 g/mol. The monoisotopic (exact) mass is 433 g/mol. The summed E-state index contributed by atoms with van der Waals surface area (Å²) in [7, 11) is 3.90. The molecule has 0 saturated heterocycles. The minimum Gasteiger partial charge on any atom is -0.462 e. The number of aromatic amines is 1. The van der Waals surface area contributed by atoms with Crippen LogP contribution in [0.1, 0.15) is 50.2 Å². The second-order valence-corrected chi connectivity index (χ2v) is 8.04. The zero-order valence-electron chi connectivity index (χ0n) is 19.4. The van der Waals surface area contributed by atoms with E-state index in [1.165, 1.54) is 0 Å². The van der Waals surface area contributed by atoms with Crippen molar-refractivity contribution in [3.05, 3.63) is 88.2 Å². The van der Waals surface area contributed by atoms with Gasteiger partial charge in [-0.1, -0.05) is 36.4 Å². The average Bonchev–Trinajstić information content (AvgIpc) is 3.06. The predicted molar refractivity (Wildman–Crippen MR) is 127 cm³/mol. The molecule has 3 rings (SSSR count). The van der Waals surface area contributed by atoms with Gasteiger partial charge in [0.05, 0.1) is 18.7 Å². The van der Waals surface area contributed by atoms with E-state index < -0.39 is 0 Å². The van der Waals surface area contributed by atoms with Crippen LogP contribution >= 0.6 is 0 Å². The highest BCUT2D eigenvalue weighted by Gasteiger charge is 2.23. The molecule has 1 N–H and O–H groups in total. The molecule has 0 fully saturated rings.